The van der Waals surface area contributed by atoms with Crippen LogP contribution in [0.2, 0.25) is 0 Å². The largest absolute Gasteiger partial charge is 0.494 e. The van der Waals surface area contributed by atoms with Gasteiger partial charge in [-0.2, -0.15) is 0 Å². The molecule has 0 saturated heterocycles. The minimum atomic E-state index is -1.13. The highest BCUT2D eigenvalue weighted by atomic mass is 32.1. The number of nitrogens with one attached hydrogen (secondary N) is 2. The van der Waals surface area contributed by atoms with Crippen molar-refractivity contribution in [2.24, 2.45) is 4.99 Å². The van der Waals surface area contributed by atoms with Crippen LogP contribution in [0.25, 0.3) is 0 Å². The smallest absolute Gasteiger partial charge is 0.325 e. The number of aromatic nitrogens is 2. The third kappa shape index (κ3) is 3.02. The monoisotopic (exact) mass is 229 g/mol. The normalized spacial score (nSPS) is 10.7. The van der Waals surface area contributed by atoms with E-state index in [0.29, 0.717) is 0 Å². The lowest BCUT2D eigenvalue weighted by atomic mass is 10.3. The van der Waals surface area contributed by atoms with Gasteiger partial charge in [-0.3, -0.25) is 19.6 Å². The molecule has 1 heterocycles. The summed E-state index contributed by atoms with van der Waals surface area (Å²) in [7, 11) is 0. The van der Waals surface area contributed by atoms with E-state index in [0.717, 1.165) is 6.21 Å². The van der Waals surface area contributed by atoms with E-state index < -0.39 is 24.0 Å². The summed E-state index contributed by atoms with van der Waals surface area (Å²) in [5, 5.41) is 17.5. The van der Waals surface area contributed by atoms with Crippen LogP contribution in [-0.4, -0.2) is 38.9 Å². The standard InChI is InChI=1S/C7H7N3O4S/c11-4(12)2-8-1-3-5(13)9-7(15)10-6(3)14/h1H,2H2,(H,11,12)(H3,9,10,13,14,15). The summed E-state index contributed by atoms with van der Waals surface area (Å²) < 4.78 is -0.0205. The van der Waals surface area contributed by atoms with Gasteiger partial charge < -0.3 is 15.2 Å². The number of aliphatic carboxylic acids is 1. The first kappa shape index (κ1) is 11.1. The number of aromatic hydroxyl groups is 1. The minimum absolute atomic E-state index is 0.0205. The van der Waals surface area contributed by atoms with E-state index in [1.165, 1.54) is 0 Å². The molecule has 0 aliphatic rings. The van der Waals surface area contributed by atoms with Crippen molar-refractivity contribution in [3.8, 4) is 5.88 Å². The fourth-order valence-electron chi connectivity index (χ4n) is 0.819. The maximum atomic E-state index is 11.2. The molecule has 0 amide bonds. The number of H-pyrrole nitrogens is 2. The third-order valence-corrected chi connectivity index (χ3v) is 1.61. The molecule has 80 valence electrons. The van der Waals surface area contributed by atoms with E-state index in [1.807, 2.05) is 0 Å². The van der Waals surface area contributed by atoms with Crippen molar-refractivity contribution >= 4 is 24.4 Å². The minimum Gasteiger partial charge on any atom is -0.494 e. The van der Waals surface area contributed by atoms with Crippen molar-refractivity contribution < 1.29 is 15.0 Å². The highest BCUT2D eigenvalue weighted by molar-refractivity contribution is 7.71. The number of nitrogens with zero attached hydrogens (tertiary/aromatic N) is 1. The zero-order valence-electron chi connectivity index (χ0n) is 7.35. The summed E-state index contributed by atoms with van der Waals surface area (Å²) in [6.45, 7) is -0.478. The van der Waals surface area contributed by atoms with Gasteiger partial charge in [0.15, 0.2) is 4.77 Å². The number of hydrogen-bond acceptors (Lipinski definition) is 5. The second-order valence-corrected chi connectivity index (χ2v) is 2.94. The molecule has 4 N–H and O–H groups in total. The predicted molar refractivity (Wildman–Crippen MR) is 54.0 cm³/mol. The number of aromatic amines is 2. The molecule has 0 aliphatic heterocycles. The SMILES string of the molecule is O=C(O)CN=Cc1c(O)[nH]c(=S)[nH]c1=O. The molecule has 7 nitrogen and oxygen atoms in total. The predicted octanol–water partition coefficient (Wildman–Crippen LogP) is -0.358. The molecule has 0 unspecified atom stereocenters. The molecule has 0 bridgehead atoms. The second-order valence-electron chi connectivity index (χ2n) is 2.53. The molecule has 0 spiro atoms. The van der Waals surface area contributed by atoms with Gasteiger partial charge in [-0.25, -0.2) is 0 Å². The first-order valence-corrected chi connectivity index (χ1v) is 4.18. The van der Waals surface area contributed by atoms with E-state index in [4.69, 9.17) is 5.11 Å². The van der Waals surface area contributed by atoms with E-state index in [2.05, 4.69) is 27.2 Å². The Kier molecular flexibility index (Phi) is 3.34. The number of carboxylic acids is 1. The molecular weight excluding hydrogens is 222 g/mol. The third-order valence-electron chi connectivity index (χ3n) is 1.41. The number of carboxylic acid groups (broad SMARTS) is 1. The van der Waals surface area contributed by atoms with E-state index in [9.17, 15) is 14.7 Å². The molecule has 1 aromatic heterocycles. The van der Waals surface area contributed by atoms with Crippen molar-refractivity contribution in [1.82, 2.24) is 9.97 Å². The summed E-state index contributed by atoms with van der Waals surface area (Å²) in [5.74, 6) is -1.58. The topological polar surface area (TPSA) is 119 Å². The molecule has 0 radical (unpaired) electrons. The maximum Gasteiger partial charge on any atom is 0.325 e. The Balaban J connectivity index is 3.05. The number of rotatable bonds is 3. The second kappa shape index (κ2) is 4.51. The van der Waals surface area contributed by atoms with Crippen molar-refractivity contribution in [1.29, 1.82) is 0 Å². The zero-order valence-corrected chi connectivity index (χ0v) is 8.17. The van der Waals surface area contributed by atoms with Gasteiger partial charge in [0.05, 0.1) is 0 Å². The Hall–Kier alpha value is -1.96. The van der Waals surface area contributed by atoms with Crippen LogP contribution in [0.3, 0.4) is 0 Å². The van der Waals surface area contributed by atoms with Crippen molar-refractivity contribution in [3.05, 3.63) is 20.7 Å². The molecule has 0 aromatic carbocycles. The fraction of sp³-hybridized carbons (Fsp3) is 0.143. The van der Waals surface area contributed by atoms with Gasteiger partial charge >= 0.3 is 5.97 Å². The highest BCUT2D eigenvalue weighted by Gasteiger charge is 2.04. The lowest BCUT2D eigenvalue weighted by Crippen LogP contribution is -2.14. The van der Waals surface area contributed by atoms with Crippen LogP contribution in [0.1, 0.15) is 5.56 Å². The van der Waals surface area contributed by atoms with Gasteiger partial charge in [-0.1, -0.05) is 0 Å². The Labute approximate surface area is 88.1 Å². The maximum absolute atomic E-state index is 11.2. The lowest BCUT2D eigenvalue weighted by Gasteiger charge is -1.96. The van der Waals surface area contributed by atoms with Crippen LogP contribution in [0.5, 0.6) is 5.88 Å². The average Bonchev–Trinajstić information content (AvgIpc) is 2.08. The molecule has 0 saturated carbocycles. The molecule has 1 rings (SSSR count). The molecule has 0 aliphatic carbocycles. The number of carbonyl (C=O) groups is 1. The number of hydrogen-bond donors (Lipinski definition) is 4. The van der Waals surface area contributed by atoms with Crippen molar-refractivity contribution in [2.45, 2.75) is 0 Å². The summed E-state index contributed by atoms with van der Waals surface area (Å²) in [4.78, 5) is 29.3. The van der Waals surface area contributed by atoms with Crippen LogP contribution in [-0.2, 0) is 4.79 Å². The molecule has 0 atom stereocenters. The van der Waals surface area contributed by atoms with Crippen molar-refractivity contribution in [3.63, 3.8) is 0 Å². The van der Waals surface area contributed by atoms with Gasteiger partial charge in [0.1, 0.15) is 12.1 Å². The first-order valence-electron chi connectivity index (χ1n) is 3.78. The molecule has 8 heteroatoms. The number of aliphatic imine (C=N–C) groups is 1. The van der Waals surface area contributed by atoms with Gasteiger partial charge in [0, 0.05) is 6.21 Å². The molecule has 15 heavy (non-hydrogen) atoms. The Morgan fingerprint density at radius 1 is 1.53 bits per heavy atom. The summed E-state index contributed by atoms with van der Waals surface area (Å²) in [6, 6.07) is 0. The van der Waals surface area contributed by atoms with Gasteiger partial charge in [-0.05, 0) is 12.2 Å². The van der Waals surface area contributed by atoms with Gasteiger partial charge in [0.2, 0.25) is 5.88 Å². The first-order chi connectivity index (χ1) is 7.00. The van der Waals surface area contributed by atoms with Crippen LogP contribution in [0.15, 0.2) is 9.79 Å². The van der Waals surface area contributed by atoms with Crippen LogP contribution < -0.4 is 5.56 Å². The quantitative estimate of drug-likeness (QED) is 0.417. The van der Waals surface area contributed by atoms with Gasteiger partial charge in [0.25, 0.3) is 5.56 Å². The van der Waals surface area contributed by atoms with Gasteiger partial charge in [-0.15, -0.1) is 0 Å². The Morgan fingerprint density at radius 3 is 2.73 bits per heavy atom. The van der Waals surface area contributed by atoms with E-state index in [1.54, 1.807) is 0 Å². The fourth-order valence-corrected chi connectivity index (χ4v) is 1.01. The molecular formula is C7H7N3O4S. The average molecular weight is 229 g/mol. The highest BCUT2D eigenvalue weighted by Crippen LogP contribution is 2.03. The van der Waals surface area contributed by atoms with Crippen molar-refractivity contribution in [2.75, 3.05) is 6.54 Å². The summed E-state index contributed by atoms with van der Waals surface area (Å²) >= 11 is 4.59. The van der Waals surface area contributed by atoms with Crippen LogP contribution >= 0.6 is 12.2 Å². The zero-order chi connectivity index (χ0) is 11.4. The Morgan fingerprint density at radius 2 is 2.20 bits per heavy atom. The molecule has 0 fully saturated rings. The Bertz CT molecular complexity index is 516. The van der Waals surface area contributed by atoms with E-state index in [-0.39, 0.29) is 10.3 Å². The van der Waals surface area contributed by atoms with E-state index >= 15 is 0 Å². The van der Waals surface area contributed by atoms with Crippen LogP contribution in [0, 0.1) is 4.77 Å². The summed E-state index contributed by atoms with van der Waals surface area (Å²) in [5.41, 5.74) is -0.796. The molecule has 1 aromatic rings. The lowest BCUT2D eigenvalue weighted by molar-refractivity contribution is -0.135. The summed E-state index contributed by atoms with van der Waals surface area (Å²) in [6.07, 6.45) is 0.966. The van der Waals surface area contributed by atoms with Crippen LogP contribution in [0.4, 0.5) is 0 Å².